The Labute approximate surface area is 194 Å². The average Bonchev–Trinajstić information content (AvgIpc) is 3.43. The monoisotopic (exact) mass is 468 g/mol. The van der Waals surface area contributed by atoms with Crippen LogP contribution in [0.4, 0.5) is 0 Å². The van der Waals surface area contributed by atoms with E-state index in [9.17, 15) is 4.79 Å². The van der Waals surface area contributed by atoms with Gasteiger partial charge in [0.2, 0.25) is 5.91 Å². The maximum absolute atomic E-state index is 12.7. The first kappa shape index (κ1) is 21.6. The Morgan fingerprint density at radius 3 is 2.55 bits per heavy atom. The van der Waals surface area contributed by atoms with Crippen molar-refractivity contribution in [1.82, 2.24) is 19.7 Å². The van der Waals surface area contributed by atoms with Crippen LogP contribution in [0.2, 0.25) is 5.02 Å². The minimum absolute atomic E-state index is 0.0562. The molecule has 8 heteroatoms. The normalized spacial score (nSPS) is 10.9. The minimum Gasteiger partial charge on any atom is -0.340 e. The molecule has 0 fully saturated rings. The molecule has 0 aliphatic heterocycles. The molecule has 0 saturated heterocycles. The van der Waals surface area contributed by atoms with Crippen LogP contribution in [0.25, 0.3) is 11.4 Å². The predicted octanol–water partition coefficient (Wildman–Crippen LogP) is 5.46. The van der Waals surface area contributed by atoms with Gasteiger partial charge in [-0.25, -0.2) is 0 Å². The van der Waals surface area contributed by atoms with Crippen LogP contribution in [0.3, 0.4) is 0 Å². The van der Waals surface area contributed by atoms with Crippen LogP contribution in [-0.2, 0) is 17.9 Å². The van der Waals surface area contributed by atoms with Gasteiger partial charge in [0.25, 0.3) is 0 Å². The molecule has 158 valence electrons. The Bertz CT molecular complexity index is 1130. The number of thiophene rings is 1. The third kappa shape index (κ3) is 5.55. The van der Waals surface area contributed by atoms with Gasteiger partial charge in [-0.3, -0.25) is 9.36 Å². The lowest BCUT2D eigenvalue weighted by Gasteiger charge is -2.16. The van der Waals surface area contributed by atoms with Crippen LogP contribution in [0.1, 0.15) is 10.4 Å². The van der Waals surface area contributed by atoms with E-state index in [1.54, 1.807) is 16.2 Å². The molecule has 31 heavy (non-hydrogen) atoms. The highest BCUT2D eigenvalue weighted by molar-refractivity contribution is 7.99. The number of hydrogen-bond donors (Lipinski definition) is 0. The lowest BCUT2D eigenvalue weighted by molar-refractivity contribution is -0.127. The van der Waals surface area contributed by atoms with Crippen LogP contribution < -0.4 is 0 Å². The molecule has 2 heterocycles. The number of nitrogens with zero attached hydrogens (tertiary/aromatic N) is 4. The summed E-state index contributed by atoms with van der Waals surface area (Å²) in [6, 6.07) is 21.7. The second kappa shape index (κ2) is 10.1. The maximum Gasteiger partial charge on any atom is 0.233 e. The summed E-state index contributed by atoms with van der Waals surface area (Å²) in [7, 11) is 1.83. The van der Waals surface area contributed by atoms with Crippen molar-refractivity contribution in [2.45, 2.75) is 18.2 Å². The number of rotatable bonds is 8. The fraction of sp³-hybridized carbons (Fsp3) is 0.174. The van der Waals surface area contributed by atoms with Crippen molar-refractivity contribution < 1.29 is 4.79 Å². The van der Waals surface area contributed by atoms with Crippen molar-refractivity contribution in [1.29, 1.82) is 0 Å². The summed E-state index contributed by atoms with van der Waals surface area (Å²) in [5, 5.41) is 12.2. The topological polar surface area (TPSA) is 51.0 Å². The van der Waals surface area contributed by atoms with Gasteiger partial charge < -0.3 is 4.90 Å². The standard InChI is InChI=1S/C23H21ClN4OS2/c1-27(15-20-8-5-13-30-20)21(29)16-31-23-26-25-22(18-9-11-19(24)12-10-18)28(23)14-17-6-3-2-4-7-17/h2-13H,14-16H2,1H3. The van der Waals surface area contributed by atoms with E-state index in [1.807, 2.05) is 67.0 Å². The Morgan fingerprint density at radius 2 is 1.84 bits per heavy atom. The molecule has 4 rings (SSSR count). The van der Waals surface area contributed by atoms with Crippen LogP contribution in [0.5, 0.6) is 0 Å². The molecule has 0 unspecified atom stereocenters. The summed E-state index contributed by atoms with van der Waals surface area (Å²) < 4.78 is 2.05. The first-order valence-electron chi connectivity index (χ1n) is 9.72. The second-order valence-electron chi connectivity index (χ2n) is 7.00. The third-order valence-corrected chi connectivity index (χ3v) is 6.79. The molecule has 0 spiro atoms. The number of benzene rings is 2. The number of carbonyl (C=O) groups is 1. The lowest BCUT2D eigenvalue weighted by Crippen LogP contribution is -2.27. The molecule has 2 aromatic heterocycles. The van der Waals surface area contributed by atoms with E-state index in [-0.39, 0.29) is 5.91 Å². The molecule has 1 amide bonds. The Morgan fingerprint density at radius 1 is 1.06 bits per heavy atom. The molecule has 0 aliphatic rings. The molecule has 0 bridgehead atoms. The molecule has 5 nitrogen and oxygen atoms in total. The van der Waals surface area contributed by atoms with Gasteiger partial charge in [0.15, 0.2) is 11.0 Å². The van der Waals surface area contributed by atoms with Crippen molar-refractivity contribution in [3.63, 3.8) is 0 Å². The van der Waals surface area contributed by atoms with Crippen LogP contribution in [0.15, 0.2) is 77.3 Å². The zero-order valence-corrected chi connectivity index (χ0v) is 19.3. The van der Waals surface area contributed by atoms with Crippen LogP contribution >= 0.6 is 34.7 Å². The molecule has 0 aliphatic carbocycles. The third-order valence-electron chi connectivity index (χ3n) is 4.73. The minimum atomic E-state index is 0.0562. The SMILES string of the molecule is CN(Cc1cccs1)C(=O)CSc1nnc(-c2ccc(Cl)cc2)n1Cc1ccccc1. The molecule has 2 aromatic carbocycles. The van der Waals surface area contributed by atoms with Crippen LogP contribution in [-0.4, -0.2) is 38.4 Å². The van der Waals surface area contributed by atoms with Gasteiger partial charge in [-0.15, -0.1) is 21.5 Å². The highest BCUT2D eigenvalue weighted by Crippen LogP contribution is 2.26. The average molecular weight is 469 g/mol. The van der Waals surface area contributed by atoms with E-state index in [4.69, 9.17) is 11.6 Å². The van der Waals surface area contributed by atoms with Crippen molar-refractivity contribution in [3.8, 4) is 11.4 Å². The van der Waals surface area contributed by atoms with E-state index >= 15 is 0 Å². The number of thioether (sulfide) groups is 1. The summed E-state index contributed by atoms with van der Waals surface area (Å²) in [5.74, 6) is 1.11. The molecular formula is C23H21ClN4OS2. The summed E-state index contributed by atoms with van der Waals surface area (Å²) >= 11 is 9.11. The summed E-state index contributed by atoms with van der Waals surface area (Å²) in [4.78, 5) is 15.6. The van der Waals surface area contributed by atoms with Gasteiger partial charge in [0.05, 0.1) is 18.8 Å². The molecule has 0 atom stereocenters. The lowest BCUT2D eigenvalue weighted by atomic mass is 10.2. The number of hydrogen-bond acceptors (Lipinski definition) is 5. The van der Waals surface area contributed by atoms with E-state index in [0.29, 0.717) is 29.0 Å². The van der Waals surface area contributed by atoms with E-state index in [0.717, 1.165) is 21.8 Å². The Balaban J connectivity index is 1.53. The summed E-state index contributed by atoms with van der Waals surface area (Å²) in [6.07, 6.45) is 0. The highest BCUT2D eigenvalue weighted by atomic mass is 35.5. The molecule has 4 aromatic rings. The van der Waals surface area contributed by atoms with Gasteiger partial charge in [-0.1, -0.05) is 59.8 Å². The number of carbonyl (C=O) groups excluding carboxylic acids is 1. The molecule has 0 N–H and O–H groups in total. The maximum atomic E-state index is 12.7. The van der Waals surface area contributed by atoms with Crippen molar-refractivity contribution in [2.75, 3.05) is 12.8 Å². The van der Waals surface area contributed by atoms with Crippen molar-refractivity contribution >= 4 is 40.6 Å². The fourth-order valence-corrected chi connectivity index (χ4v) is 4.84. The first-order valence-corrected chi connectivity index (χ1v) is 12.0. The number of halogens is 1. The fourth-order valence-electron chi connectivity index (χ4n) is 3.08. The quantitative estimate of drug-likeness (QED) is 0.322. The molecular weight excluding hydrogens is 448 g/mol. The Kier molecular flexibility index (Phi) is 7.06. The summed E-state index contributed by atoms with van der Waals surface area (Å²) in [6.45, 7) is 1.23. The largest absolute Gasteiger partial charge is 0.340 e. The molecule has 0 radical (unpaired) electrons. The van der Waals surface area contributed by atoms with Gasteiger partial charge in [-0.05, 0) is 41.3 Å². The zero-order valence-electron chi connectivity index (χ0n) is 16.9. The molecule has 0 saturated carbocycles. The predicted molar refractivity (Wildman–Crippen MR) is 128 cm³/mol. The number of aromatic nitrogens is 3. The Hall–Kier alpha value is -2.61. The van der Waals surface area contributed by atoms with Crippen LogP contribution in [0, 0.1) is 0 Å². The van der Waals surface area contributed by atoms with E-state index < -0.39 is 0 Å². The number of amides is 1. The zero-order chi connectivity index (χ0) is 21.6. The van der Waals surface area contributed by atoms with Crippen molar-refractivity contribution in [3.05, 3.63) is 87.6 Å². The van der Waals surface area contributed by atoms with Gasteiger partial charge >= 0.3 is 0 Å². The van der Waals surface area contributed by atoms with Gasteiger partial charge in [0, 0.05) is 22.5 Å². The van der Waals surface area contributed by atoms with Crippen molar-refractivity contribution in [2.24, 2.45) is 0 Å². The van der Waals surface area contributed by atoms with E-state index in [1.165, 1.54) is 11.8 Å². The second-order valence-corrected chi connectivity index (χ2v) is 9.41. The van der Waals surface area contributed by atoms with Gasteiger partial charge in [0.1, 0.15) is 0 Å². The van der Waals surface area contributed by atoms with Gasteiger partial charge in [-0.2, -0.15) is 0 Å². The van der Waals surface area contributed by atoms with E-state index in [2.05, 4.69) is 26.9 Å². The highest BCUT2D eigenvalue weighted by Gasteiger charge is 2.18. The first-order chi connectivity index (χ1) is 15.1. The smallest absolute Gasteiger partial charge is 0.233 e. The summed E-state index contributed by atoms with van der Waals surface area (Å²) in [5.41, 5.74) is 2.07.